The number of amides is 2. The SMILES string of the molecule is COc1ccc(S(=O)(=O)N2CCCCCC2)cc1C(=O)N1CCN(CC(=O)N2CCCC2)CC1. The molecule has 188 valence electrons. The van der Waals surface area contributed by atoms with E-state index in [9.17, 15) is 18.0 Å². The number of hydrogen-bond acceptors (Lipinski definition) is 6. The Balaban J connectivity index is 1.43. The average molecular weight is 493 g/mol. The standard InChI is InChI=1S/C24H36N4O5S/c1-33-22-9-8-20(34(31,32)28-12-4-2-3-5-13-28)18-21(22)24(30)27-16-14-25(15-17-27)19-23(29)26-10-6-7-11-26/h8-9,18H,2-7,10-17,19H2,1H3. The molecule has 9 nitrogen and oxygen atoms in total. The fraction of sp³-hybridized carbons (Fsp3) is 0.667. The molecule has 0 aromatic heterocycles. The van der Waals surface area contributed by atoms with Crippen molar-refractivity contribution >= 4 is 21.8 Å². The van der Waals surface area contributed by atoms with E-state index >= 15 is 0 Å². The lowest BCUT2D eigenvalue weighted by atomic mass is 10.1. The Kier molecular flexibility index (Phi) is 8.10. The third-order valence-corrected chi connectivity index (χ3v) is 8.98. The molecule has 1 aromatic carbocycles. The molecule has 34 heavy (non-hydrogen) atoms. The molecular weight excluding hydrogens is 456 g/mol. The zero-order valence-electron chi connectivity index (χ0n) is 20.1. The summed E-state index contributed by atoms with van der Waals surface area (Å²) in [5, 5.41) is 0. The number of carbonyl (C=O) groups is 2. The summed E-state index contributed by atoms with van der Waals surface area (Å²) in [5.74, 6) is 0.284. The van der Waals surface area contributed by atoms with Gasteiger partial charge in [0.2, 0.25) is 15.9 Å². The van der Waals surface area contributed by atoms with E-state index < -0.39 is 10.0 Å². The lowest BCUT2D eigenvalue weighted by Gasteiger charge is -2.35. The number of ether oxygens (including phenoxy) is 1. The second-order valence-electron chi connectivity index (χ2n) is 9.34. The molecule has 0 N–H and O–H groups in total. The molecule has 1 aromatic rings. The number of likely N-dealkylation sites (tertiary alicyclic amines) is 1. The normalized spacial score (nSPS) is 20.9. The van der Waals surface area contributed by atoms with Crippen molar-refractivity contribution in [2.75, 3.05) is 66.0 Å². The summed E-state index contributed by atoms with van der Waals surface area (Å²) in [7, 11) is -2.19. The van der Waals surface area contributed by atoms with E-state index in [2.05, 4.69) is 4.90 Å². The summed E-state index contributed by atoms with van der Waals surface area (Å²) in [5.41, 5.74) is 0.264. The fourth-order valence-electron chi connectivity index (χ4n) is 4.98. The highest BCUT2D eigenvalue weighted by molar-refractivity contribution is 7.89. The molecule has 10 heteroatoms. The molecule has 0 spiro atoms. The van der Waals surface area contributed by atoms with Gasteiger partial charge in [-0.2, -0.15) is 4.31 Å². The topological polar surface area (TPSA) is 90.5 Å². The molecule has 3 fully saturated rings. The van der Waals surface area contributed by atoms with Crippen LogP contribution in [-0.2, 0) is 14.8 Å². The molecule has 0 unspecified atom stereocenters. The molecule has 0 atom stereocenters. The number of methoxy groups -OCH3 is 1. The van der Waals surface area contributed by atoms with Gasteiger partial charge >= 0.3 is 0 Å². The first-order valence-corrected chi connectivity index (χ1v) is 13.8. The van der Waals surface area contributed by atoms with E-state index in [0.29, 0.717) is 51.6 Å². The Bertz CT molecular complexity index is 977. The van der Waals surface area contributed by atoms with Crippen LogP contribution >= 0.6 is 0 Å². The monoisotopic (exact) mass is 492 g/mol. The third kappa shape index (κ3) is 5.55. The van der Waals surface area contributed by atoms with Crippen molar-refractivity contribution in [2.45, 2.75) is 43.4 Å². The minimum absolute atomic E-state index is 0.133. The Morgan fingerprint density at radius 3 is 2.06 bits per heavy atom. The smallest absolute Gasteiger partial charge is 0.257 e. The summed E-state index contributed by atoms with van der Waals surface area (Å²) >= 11 is 0. The van der Waals surface area contributed by atoms with Crippen LogP contribution in [-0.4, -0.2) is 105 Å². The molecule has 3 aliphatic heterocycles. The zero-order chi connectivity index (χ0) is 24.1. The van der Waals surface area contributed by atoms with Gasteiger partial charge in [-0.3, -0.25) is 14.5 Å². The summed E-state index contributed by atoms with van der Waals surface area (Å²) < 4.78 is 33.5. The summed E-state index contributed by atoms with van der Waals surface area (Å²) in [4.78, 5) is 31.7. The van der Waals surface area contributed by atoms with E-state index in [1.54, 1.807) is 11.0 Å². The van der Waals surface area contributed by atoms with Gasteiger partial charge in [-0.25, -0.2) is 8.42 Å². The predicted molar refractivity (Wildman–Crippen MR) is 128 cm³/mol. The Hall–Kier alpha value is -2.17. The van der Waals surface area contributed by atoms with E-state index in [-0.39, 0.29) is 22.3 Å². The lowest BCUT2D eigenvalue weighted by Crippen LogP contribution is -2.51. The first-order valence-electron chi connectivity index (χ1n) is 12.4. The molecule has 0 radical (unpaired) electrons. The van der Waals surface area contributed by atoms with Crippen LogP contribution in [0.15, 0.2) is 23.1 Å². The maximum absolute atomic E-state index is 13.4. The van der Waals surface area contributed by atoms with Crippen LogP contribution in [0.2, 0.25) is 0 Å². The van der Waals surface area contributed by atoms with Gasteiger partial charge in [0, 0.05) is 52.4 Å². The maximum Gasteiger partial charge on any atom is 0.257 e. The molecule has 3 aliphatic rings. The molecule has 0 bridgehead atoms. The highest BCUT2D eigenvalue weighted by Crippen LogP contribution is 2.27. The van der Waals surface area contributed by atoms with Crippen LogP contribution in [0.5, 0.6) is 5.75 Å². The predicted octanol–water partition coefficient (Wildman–Crippen LogP) is 1.64. The van der Waals surface area contributed by atoms with Gasteiger partial charge in [0.1, 0.15) is 5.75 Å². The lowest BCUT2D eigenvalue weighted by molar-refractivity contribution is -0.131. The third-order valence-electron chi connectivity index (χ3n) is 7.08. The van der Waals surface area contributed by atoms with Crippen molar-refractivity contribution in [3.8, 4) is 5.75 Å². The van der Waals surface area contributed by atoms with Gasteiger partial charge in [-0.15, -0.1) is 0 Å². The number of benzene rings is 1. The van der Waals surface area contributed by atoms with Crippen LogP contribution in [0.25, 0.3) is 0 Å². The molecule has 2 amide bonds. The van der Waals surface area contributed by atoms with Crippen molar-refractivity contribution in [1.82, 2.24) is 19.0 Å². The number of sulfonamides is 1. The molecule has 4 rings (SSSR count). The number of hydrogen-bond donors (Lipinski definition) is 0. The zero-order valence-corrected chi connectivity index (χ0v) is 20.9. The van der Waals surface area contributed by atoms with E-state index in [1.165, 1.54) is 23.5 Å². The second-order valence-corrected chi connectivity index (χ2v) is 11.3. The summed E-state index contributed by atoms with van der Waals surface area (Å²) in [6.45, 7) is 5.28. The van der Waals surface area contributed by atoms with Crippen molar-refractivity contribution < 1.29 is 22.7 Å². The van der Waals surface area contributed by atoms with Gasteiger partial charge in [0.25, 0.3) is 5.91 Å². The van der Waals surface area contributed by atoms with E-state index in [4.69, 9.17) is 4.74 Å². The molecule has 3 heterocycles. The summed E-state index contributed by atoms with van der Waals surface area (Å²) in [6, 6.07) is 4.56. The first-order chi connectivity index (χ1) is 16.4. The van der Waals surface area contributed by atoms with Crippen LogP contribution in [0.1, 0.15) is 48.9 Å². The first kappa shape index (κ1) is 24.9. The number of carbonyl (C=O) groups excluding carboxylic acids is 2. The molecule has 3 saturated heterocycles. The summed E-state index contributed by atoms with van der Waals surface area (Å²) in [6.07, 6.45) is 5.92. The van der Waals surface area contributed by atoms with Crippen molar-refractivity contribution in [1.29, 1.82) is 0 Å². The van der Waals surface area contributed by atoms with Gasteiger partial charge in [-0.05, 0) is 43.9 Å². The fourth-order valence-corrected chi connectivity index (χ4v) is 6.53. The van der Waals surface area contributed by atoms with Crippen LogP contribution in [0.3, 0.4) is 0 Å². The van der Waals surface area contributed by atoms with E-state index in [0.717, 1.165) is 51.6 Å². The van der Waals surface area contributed by atoms with Crippen LogP contribution in [0.4, 0.5) is 0 Å². The van der Waals surface area contributed by atoms with Crippen molar-refractivity contribution in [3.63, 3.8) is 0 Å². The highest BCUT2D eigenvalue weighted by Gasteiger charge is 2.30. The Morgan fingerprint density at radius 1 is 0.824 bits per heavy atom. The quantitative estimate of drug-likeness (QED) is 0.600. The van der Waals surface area contributed by atoms with Crippen molar-refractivity contribution in [2.24, 2.45) is 0 Å². The van der Waals surface area contributed by atoms with Gasteiger partial charge < -0.3 is 14.5 Å². The van der Waals surface area contributed by atoms with Crippen LogP contribution < -0.4 is 4.74 Å². The minimum atomic E-state index is -3.67. The Labute approximate surface area is 202 Å². The number of nitrogens with zero attached hydrogens (tertiary/aromatic N) is 4. The number of rotatable bonds is 6. The van der Waals surface area contributed by atoms with Gasteiger partial charge in [0.05, 0.1) is 24.1 Å². The molecule has 0 saturated carbocycles. The van der Waals surface area contributed by atoms with Gasteiger partial charge in [-0.1, -0.05) is 12.8 Å². The average Bonchev–Trinajstić information content (AvgIpc) is 3.25. The minimum Gasteiger partial charge on any atom is -0.496 e. The second kappa shape index (κ2) is 11.0. The number of piperazine rings is 1. The molecule has 0 aliphatic carbocycles. The van der Waals surface area contributed by atoms with Crippen molar-refractivity contribution in [3.05, 3.63) is 23.8 Å². The largest absolute Gasteiger partial charge is 0.496 e. The Morgan fingerprint density at radius 2 is 1.44 bits per heavy atom. The maximum atomic E-state index is 13.4. The highest BCUT2D eigenvalue weighted by atomic mass is 32.2. The molecular formula is C24H36N4O5S. The van der Waals surface area contributed by atoms with Crippen LogP contribution in [0, 0.1) is 0 Å². The van der Waals surface area contributed by atoms with Gasteiger partial charge in [0.15, 0.2) is 0 Å². The van der Waals surface area contributed by atoms with E-state index in [1.807, 2.05) is 4.90 Å².